The van der Waals surface area contributed by atoms with E-state index in [9.17, 15) is 19.2 Å². The van der Waals surface area contributed by atoms with Gasteiger partial charge < -0.3 is 49.3 Å². The third-order valence-corrected chi connectivity index (χ3v) is 12.4. The van der Waals surface area contributed by atoms with E-state index in [2.05, 4.69) is 34.4 Å². The number of amides is 4. The van der Waals surface area contributed by atoms with Gasteiger partial charge in [-0.2, -0.15) is 0 Å². The zero-order valence-electron chi connectivity index (χ0n) is 37.0. The van der Waals surface area contributed by atoms with Gasteiger partial charge in [0, 0.05) is 24.2 Å². The molecular formula is C47H56N8O8. The van der Waals surface area contributed by atoms with Crippen molar-refractivity contribution in [3.63, 3.8) is 0 Å². The molecule has 3 aliphatic rings. The summed E-state index contributed by atoms with van der Waals surface area (Å²) in [5.41, 5.74) is 7.00. The number of carbonyl (C=O) groups is 4. The van der Waals surface area contributed by atoms with Gasteiger partial charge in [-0.3, -0.25) is 9.59 Å². The molecule has 0 spiro atoms. The third kappa shape index (κ3) is 8.50. The summed E-state index contributed by atoms with van der Waals surface area (Å²) in [5.74, 6) is 2.64. The first-order chi connectivity index (χ1) is 30.2. The first kappa shape index (κ1) is 43.1. The number of likely N-dealkylation sites (tertiary alicyclic amines) is 2. The number of hydrogen-bond donors (Lipinski definition) is 4. The number of nitrogens with zero attached hydrogens (tertiary/aromatic N) is 4. The first-order valence-corrected chi connectivity index (χ1v) is 21.6. The van der Waals surface area contributed by atoms with Crippen LogP contribution in [-0.2, 0) is 19.1 Å². The van der Waals surface area contributed by atoms with E-state index in [4.69, 9.17) is 28.9 Å². The average molecular weight is 861 g/mol. The molecule has 16 nitrogen and oxygen atoms in total. The van der Waals surface area contributed by atoms with Gasteiger partial charge in [0.2, 0.25) is 18.6 Å². The molecule has 4 N–H and O–H groups in total. The summed E-state index contributed by atoms with van der Waals surface area (Å²) in [4.78, 5) is 72.1. The summed E-state index contributed by atoms with van der Waals surface area (Å²) in [6, 6.07) is 16.3. The van der Waals surface area contributed by atoms with Crippen molar-refractivity contribution in [3.8, 4) is 45.0 Å². The van der Waals surface area contributed by atoms with Gasteiger partial charge in [0.1, 0.15) is 23.7 Å². The topological polar surface area (TPSA) is 193 Å². The predicted octanol–water partition coefficient (Wildman–Crippen LogP) is 7.60. The number of imidazole rings is 2. The SMILES string of the molecule is COC(=O)N[C@H](C(=O)N1C[C@@H](C)C[C@H]1c1ncc(-c2ccc(-c3ccc(-c4ccc5nc([C@@H]6C[C@H](C)CN6C(=O)[C@@H](NC(=O)OC)C(C)C)[nH]c5c4)c4c3OCO4)cc2)[nH]1)C(C)C. The largest absolute Gasteiger partial charge is 0.453 e. The van der Waals surface area contributed by atoms with Crippen LogP contribution in [0.2, 0.25) is 0 Å². The molecule has 0 unspecified atom stereocenters. The number of alkyl carbamates (subject to hydrolysis) is 2. The van der Waals surface area contributed by atoms with Crippen LogP contribution in [0, 0.1) is 23.7 Å². The van der Waals surface area contributed by atoms with E-state index < -0.39 is 24.3 Å². The molecule has 16 heteroatoms. The molecule has 0 aliphatic carbocycles. The third-order valence-electron chi connectivity index (χ3n) is 12.4. The normalized spacial score (nSPS) is 20.3. The summed E-state index contributed by atoms with van der Waals surface area (Å²) in [5, 5.41) is 5.43. The summed E-state index contributed by atoms with van der Waals surface area (Å²) < 4.78 is 21.8. The van der Waals surface area contributed by atoms with Crippen molar-refractivity contribution >= 4 is 35.0 Å². The molecule has 2 fully saturated rings. The zero-order chi connectivity index (χ0) is 44.7. The summed E-state index contributed by atoms with van der Waals surface area (Å²) >= 11 is 0. The maximum Gasteiger partial charge on any atom is 0.407 e. The van der Waals surface area contributed by atoms with Crippen LogP contribution in [0.4, 0.5) is 9.59 Å². The van der Waals surface area contributed by atoms with Crippen LogP contribution in [0.25, 0.3) is 44.5 Å². The van der Waals surface area contributed by atoms with Gasteiger partial charge in [-0.25, -0.2) is 19.6 Å². The minimum absolute atomic E-state index is 0.0900. The van der Waals surface area contributed by atoms with Crippen LogP contribution in [0.1, 0.15) is 78.1 Å². The Labute approximate surface area is 366 Å². The molecule has 8 rings (SSSR count). The van der Waals surface area contributed by atoms with E-state index in [1.54, 1.807) is 6.20 Å². The fourth-order valence-corrected chi connectivity index (χ4v) is 9.14. The van der Waals surface area contributed by atoms with Crippen molar-refractivity contribution in [2.75, 3.05) is 34.1 Å². The van der Waals surface area contributed by atoms with Gasteiger partial charge in [-0.15, -0.1) is 0 Å². The molecule has 332 valence electrons. The van der Waals surface area contributed by atoms with Crippen LogP contribution >= 0.6 is 0 Å². The number of carbonyl (C=O) groups excluding carboxylic acids is 4. The number of ether oxygens (including phenoxy) is 4. The quantitative estimate of drug-likeness (QED) is 0.103. The Hall–Kier alpha value is -6.58. The number of aromatic amines is 2. The Morgan fingerprint density at radius 3 is 1.75 bits per heavy atom. The number of fused-ring (bicyclic) bond motifs is 2. The number of benzene rings is 3. The van der Waals surface area contributed by atoms with Gasteiger partial charge in [0.25, 0.3) is 0 Å². The lowest BCUT2D eigenvalue weighted by atomic mass is 9.97. The second-order valence-electron chi connectivity index (χ2n) is 17.7. The minimum atomic E-state index is -0.725. The fraction of sp³-hybridized carbons (Fsp3) is 0.447. The van der Waals surface area contributed by atoms with E-state index in [0.717, 1.165) is 57.4 Å². The van der Waals surface area contributed by atoms with Gasteiger partial charge >= 0.3 is 12.2 Å². The number of nitrogens with one attached hydrogen (secondary N) is 4. The van der Waals surface area contributed by atoms with Gasteiger partial charge in [0.05, 0.1) is 49.2 Å². The molecule has 0 bridgehead atoms. The fourth-order valence-electron chi connectivity index (χ4n) is 9.14. The summed E-state index contributed by atoms with van der Waals surface area (Å²) in [6.07, 6.45) is 2.01. The molecule has 6 atom stereocenters. The first-order valence-electron chi connectivity index (χ1n) is 21.6. The number of hydrogen-bond acceptors (Lipinski definition) is 10. The van der Waals surface area contributed by atoms with Gasteiger partial charge in [-0.05, 0) is 77.5 Å². The Morgan fingerprint density at radius 1 is 0.698 bits per heavy atom. The van der Waals surface area contributed by atoms with Crippen molar-refractivity contribution in [3.05, 3.63) is 72.4 Å². The van der Waals surface area contributed by atoms with Crippen molar-refractivity contribution in [1.82, 2.24) is 40.4 Å². The van der Waals surface area contributed by atoms with E-state index >= 15 is 0 Å². The van der Waals surface area contributed by atoms with Crippen LogP contribution < -0.4 is 20.1 Å². The molecule has 2 aromatic heterocycles. The highest BCUT2D eigenvalue weighted by atomic mass is 16.7. The Balaban J connectivity index is 1.00. The van der Waals surface area contributed by atoms with Crippen LogP contribution in [0.5, 0.6) is 11.5 Å². The standard InChI is InChI=1S/C47H56N8O8/c1-24(2)38(52-46(58)60-7)44(56)54-21-26(5)17-36(54)42-48-20-35(51-42)29-11-9-28(10-12-29)31-14-15-32(41-40(31)62-23-63-41)30-13-16-33-34(19-30)50-43(49-33)37-18-27(6)22-55(37)45(57)39(25(3)4)53-47(59)61-8/h9-16,19-20,24-27,36-39H,17-18,21-23H2,1-8H3,(H,48,51)(H,49,50)(H,52,58)(H,53,59)/t26-,27-,36-,37-,38-,39-/m0/s1. The van der Waals surface area contributed by atoms with Crippen molar-refractivity contribution in [1.29, 1.82) is 0 Å². The molecule has 63 heavy (non-hydrogen) atoms. The molecule has 2 saturated heterocycles. The lowest BCUT2D eigenvalue weighted by Gasteiger charge is -2.30. The lowest BCUT2D eigenvalue weighted by Crippen LogP contribution is -2.51. The summed E-state index contributed by atoms with van der Waals surface area (Å²) in [7, 11) is 2.58. The van der Waals surface area contributed by atoms with Crippen LogP contribution in [0.15, 0.2) is 60.8 Å². The number of methoxy groups -OCH3 is 2. The molecule has 3 aliphatic heterocycles. The van der Waals surface area contributed by atoms with Crippen molar-refractivity contribution < 1.29 is 38.1 Å². The zero-order valence-corrected chi connectivity index (χ0v) is 37.0. The maximum absolute atomic E-state index is 13.9. The van der Waals surface area contributed by atoms with Crippen LogP contribution in [-0.4, -0.2) is 99.9 Å². The molecule has 3 aromatic carbocycles. The van der Waals surface area contributed by atoms with E-state index in [0.29, 0.717) is 36.2 Å². The molecule has 4 amide bonds. The van der Waals surface area contributed by atoms with E-state index in [1.165, 1.54) is 14.2 Å². The highest BCUT2D eigenvalue weighted by molar-refractivity contribution is 5.90. The van der Waals surface area contributed by atoms with Crippen molar-refractivity contribution in [2.24, 2.45) is 23.7 Å². The summed E-state index contributed by atoms with van der Waals surface area (Å²) in [6.45, 7) is 13.0. The Kier molecular flexibility index (Phi) is 12.1. The number of H-pyrrole nitrogens is 2. The monoisotopic (exact) mass is 860 g/mol. The molecule has 0 saturated carbocycles. The lowest BCUT2D eigenvalue weighted by molar-refractivity contribution is -0.136. The molecule has 0 radical (unpaired) electrons. The number of rotatable bonds is 11. The average Bonchev–Trinajstić information content (AvgIpc) is 4.13. The molecular weight excluding hydrogens is 805 g/mol. The predicted molar refractivity (Wildman–Crippen MR) is 235 cm³/mol. The van der Waals surface area contributed by atoms with E-state index in [1.807, 2.05) is 92.1 Å². The highest BCUT2D eigenvalue weighted by Gasteiger charge is 2.42. The Bertz CT molecular complexity index is 2510. The van der Waals surface area contributed by atoms with Gasteiger partial charge in [0.15, 0.2) is 11.5 Å². The van der Waals surface area contributed by atoms with Crippen molar-refractivity contribution in [2.45, 2.75) is 78.6 Å². The minimum Gasteiger partial charge on any atom is -0.453 e. The number of aromatic nitrogens is 4. The molecule has 5 aromatic rings. The van der Waals surface area contributed by atoms with E-state index in [-0.39, 0.29) is 54.4 Å². The second kappa shape index (κ2) is 17.7. The smallest absolute Gasteiger partial charge is 0.407 e. The highest BCUT2D eigenvalue weighted by Crippen LogP contribution is 2.48. The van der Waals surface area contributed by atoms with Gasteiger partial charge in [-0.1, -0.05) is 71.9 Å². The Morgan fingerprint density at radius 2 is 1.21 bits per heavy atom. The maximum atomic E-state index is 13.9. The molecule has 5 heterocycles. The van der Waals surface area contributed by atoms with Crippen LogP contribution in [0.3, 0.4) is 0 Å². The second-order valence-corrected chi connectivity index (χ2v) is 17.7.